The Kier molecular flexibility index (Phi) is 2.57. The second kappa shape index (κ2) is 3.02. The minimum atomic E-state index is 0.892. The summed E-state index contributed by atoms with van der Waals surface area (Å²) in [6, 6.07) is 0. The van der Waals surface area contributed by atoms with Gasteiger partial charge in [0.2, 0.25) is 0 Å². The molecule has 2 heteroatoms. The van der Waals surface area contributed by atoms with Crippen LogP contribution in [0.5, 0.6) is 0 Å². The Morgan fingerprint density at radius 3 is 1.88 bits per heavy atom. The highest BCUT2D eigenvalue weighted by Gasteiger charge is 2.14. The van der Waals surface area contributed by atoms with Gasteiger partial charge in [0.25, 0.3) is 0 Å². The van der Waals surface area contributed by atoms with Crippen molar-refractivity contribution in [3.63, 3.8) is 0 Å². The van der Waals surface area contributed by atoms with Crippen molar-refractivity contribution in [2.24, 2.45) is 0 Å². The molecule has 2 atom stereocenters. The highest BCUT2D eigenvalue weighted by molar-refractivity contribution is 8.07. The van der Waals surface area contributed by atoms with Crippen molar-refractivity contribution >= 4 is 23.5 Å². The van der Waals surface area contributed by atoms with Gasteiger partial charge in [-0.3, -0.25) is 0 Å². The van der Waals surface area contributed by atoms with Gasteiger partial charge in [-0.1, -0.05) is 13.8 Å². The largest absolute Gasteiger partial charge is 0.160 e. The summed E-state index contributed by atoms with van der Waals surface area (Å²) >= 11 is 4.21. The molecule has 48 valence electrons. The van der Waals surface area contributed by atoms with Gasteiger partial charge in [0, 0.05) is 22.0 Å². The Morgan fingerprint density at radius 1 is 1.12 bits per heavy atom. The smallest absolute Gasteiger partial charge is 0.0112 e. The van der Waals surface area contributed by atoms with E-state index in [1.807, 2.05) is 0 Å². The summed E-state index contributed by atoms with van der Waals surface area (Å²) in [7, 11) is 0. The lowest BCUT2D eigenvalue weighted by atomic mass is 10.5. The molecule has 8 heavy (non-hydrogen) atoms. The summed E-state index contributed by atoms with van der Waals surface area (Å²) in [4.78, 5) is 0. The zero-order valence-corrected chi connectivity index (χ0v) is 7.02. The standard InChI is InChI=1S/C6H12S2/c1-5-3-7-4-6(2)8-5/h5-6H,3-4H2,1-2H3/t5-,6-/m0/s1. The highest BCUT2D eigenvalue weighted by atomic mass is 32.2. The van der Waals surface area contributed by atoms with Crippen LogP contribution >= 0.6 is 23.5 Å². The predicted octanol–water partition coefficient (Wildman–Crippen LogP) is 2.24. The van der Waals surface area contributed by atoms with Gasteiger partial charge in [0.15, 0.2) is 0 Å². The monoisotopic (exact) mass is 148 g/mol. The third-order valence-corrected chi connectivity index (χ3v) is 4.33. The summed E-state index contributed by atoms with van der Waals surface area (Å²) < 4.78 is 0. The van der Waals surface area contributed by atoms with Crippen molar-refractivity contribution in [1.29, 1.82) is 0 Å². The zero-order valence-electron chi connectivity index (χ0n) is 5.39. The van der Waals surface area contributed by atoms with Crippen molar-refractivity contribution in [3.05, 3.63) is 0 Å². The first-order valence-corrected chi connectivity index (χ1v) is 5.12. The van der Waals surface area contributed by atoms with Gasteiger partial charge in [-0.15, -0.1) is 0 Å². The Hall–Kier alpha value is 0.700. The van der Waals surface area contributed by atoms with E-state index in [2.05, 4.69) is 37.4 Å². The van der Waals surface area contributed by atoms with Crippen molar-refractivity contribution < 1.29 is 0 Å². The van der Waals surface area contributed by atoms with E-state index in [4.69, 9.17) is 0 Å². The predicted molar refractivity (Wildman–Crippen MR) is 43.8 cm³/mol. The van der Waals surface area contributed by atoms with E-state index in [0.29, 0.717) is 0 Å². The Bertz CT molecular complexity index is 64.9. The van der Waals surface area contributed by atoms with Crippen LogP contribution in [0.2, 0.25) is 0 Å². The number of hydrogen-bond acceptors (Lipinski definition) is 2. The fourth-order valence-corrected chi connectivity index (χ4v) is 3.67. The molecule has 0 saturated carbocycles. The first kappa shape index (κ1) is 6.81. The summed E-state index contributed by atoms with van der Waals surface area (Å²) in [6.07, 6.45) is 0. The normalized spacial score (nSPS) is 39.8. The minimum absolute atomic E-state index is 0.892. The topological polar surface area (TPSA) is 0 Å². The Morgan fingerprint density at radius 2 is 1.62 bits per heavy atom. The van der Waals surface area contributed by atoms with E-state index in [-0.39, 0.29) is 0 Å². The fraction of sp³-hybridized carbons (Fsp3) is 1.00. The van der Waals surface area contributed by atoms with Gasteiger partial charge < -0.3 is 0 Å². The quantitative estimate of drug-likeness (QED) is 0.517. The summed E-state index contributed by atoms with van der Waals surface area (Å²) in [5.41, 5.74) is 0. The molecule has 0 aromatic rings. The van der Waals surface area contributed by atoms with Gasteiger partial charge in [-0.2, -0.15) is 23.5 Å². The number of hydrogen-bond donors (Lipinski definition) is 0. The van der Waals surface area contributed by atoms with Crippen molar-refractivity contribution in [3.8, 4) is 0 Å². The molecule has 1 rings (SSSR count). The van der Waals surface area contributed by atoms with Crippen LogP contribution in [0.1, 0.15) is 13.8 Å². The van der Waals surface area contributed by atoms with Crippen LogP contribution in [0.15, 0.2) is 0 Å². The van der Waals surface area contributed by atoms with E-state index in [1.165, 1.54) is 11.5 Å². The maximum atomic E-state index is 2.31. The van der Waals surface area contributed by atoms with Gasteiger partial charge in [0.1, 0.15) is 0 Å². The molecule has 0 N–H and O–H groups in total. The lowest BCUT2D eigenvalue weighted by molar-refractivity contribution is 1.04. The minimum Gasteiger partial charge on any atom is -0.160 e. The second-order valence-corrected chi connectivity index (χ2v) is 5.25. The molecular weight excluding hydrogens is 136 g/mol. The molecule has 0 amide bonds. The highest BCUT2D eigenvalue weighted by Crippen LogP contribution is 2.29. The van der Waals surface area contributed by atoms with E-state index in [0.717, 1.165) is 10.5 Å². The van der Waals surface area contributed by atoms with Crippen LogP contribution in [0.3, 0.4) is 0 Å². The Labute approximate surface area is 59.8 Å². The average Bonchev–Trinajstić information content (AvgIpc) is 1.64. The molecule has 0 spiro atoms. The molecule has 0 aromatic carbocycles. The maximum absolute atomic E-state index is 2.31. The van der Waals surface area contributed by atoms with Gasteiger partial charge in [-0.05, 0) is 0 Å². The number of rotatable bonds is 0. The van der Waals surface area contributed by atoms with Crippen LogP contribution < -0.4 is 0 Å². The average molecular weight is 148 g/mol. The van der Waals surface area contributed by atoms with Crippen molar-refractivity contribution in [1.82, 2.24) is 0 Å². The second-order valence-electron chi connectivity index (χ2n) is 2.29. The third-order valence-electron chi connectivity index (χ3n) is 1.17. The van der Waals surface area contributed by atoms with Crippen LogP contribution in [0.25, 0.3) is 0 Å². The molecule has 0 radical (unpaired) electrons. The summed E-state index contributed by atoms with van der Waals surface area (Å²) in [6.45, 7) is 4.63. The molecular formula is C6H12S2. The van der Waals surface area contributed by atoms with Gasteiger partial charge in [-0.25, -0.2) is 0 Å². The van der Waals surface area contributed by atoms with E-state index in [1.54, 1.807) is 0 Å². The fourth-order valence-electron chi connectivity index (χ4n) is 0.875. The molecule has 1 saturated heterocycles. The molecule has 0 bridgehead atoms. The molecule has 0 aliphatic carbocycles. The Balaban J connectivity index is 2.23. The summed E-state index contributed by atoms with van der Waals surface area (Å²) in [5, 5.41) is 1.78. The van der Waals surface area contributed by atoms with Crippen LogP contribution in [-0.2, 0) is 0 Å². The molecule has 1 fully saturated rings. The molecule has 1 aliphatic heterocycles. The zero-order chi connectivity index (χ0) is 5.98. The maximum Gasteiger partial charge on any atom is 0.0112 e. The lowest BCUT2D eigenvalue weighted by Crippen LogP contribution is -2.16. The first-order chi connectivity index (χ1) is 3.79. The summed E-state index contributed by atoms with van der Waals surface area (Å²) in [5.74, 6) is 2.71. The van der Waals surface area contributed by atoms with Gasteiger partial charge >= 0.3 is 0 Å². The first-order valence-electron chi connectivity index (χ1n) is 3.02. The van der Waals surface area contributed by atoms with Crippen LogP contribution in [-0.4, -0.2) is 22.0 Å². The van der Waals surface area contributed by atoms with Crippen molar-refractivity contribution in [2.75, 3.05) is 11.5 Å². The van der Waals surface area contributed by atoms with Crippen molar-refractivity contribution in [2.45, 2.75) is 24.3 Å². The SMILES string of the molecule is C[C@H]1CSC[C@H](C)S1. The van der Waals surface area contributed by atoms with Crippen LogP contribution in [0.4, 0.5) is 0 Å². The third kappa shape index (κ3) is 1.90. The lowest BCUT2D eigenvalue weighted by Gasteiger charge is -2.22. The van der Waals surface area contributed by atoms with E-state index >= 15 is 0 Å². The number of thioether (sulfide) groups is 2. The molecule has 1 heterocycles. The van der Waals surface area contributed by atoms with E-state index in [9.17, 15) is 0 Å². The molecule has 0 unspecified atom stereocenters. The molecule has 0 aromatic heterocycles. The van der Waals surface area contributed by atoms with Gasteiger partial charge in [0.05, 0.1) is 0 Å². The molecule has 1 aliphatic rings. The van der Waals surface area contributed by atoms with E-state index < -0.39 is 0 Å². The molecule has 0 nitrogen and oxygen atoms in total. The van der Waals surface area contributed by atoms with Crippen LogP contribution in [0, 0.1) is 0 Å².